The van der Waals surface area contributed by atoms with Gasteiger partial charge >= 0.3 is 0 Å². The predicted molar refractivity (Wildman–Crippen MR) is 120 cm³/mol. The van der Waals surface area contributed by atoms with Gasteiger partial charge in [0, 0.05) is 29.8 Å². The van der Waals surface area contributed by atoms with E-state index in [1.54, 1.807) is 6.07 Å². The van der Waals surface area contributed by atoms with E-state index in [9.17, 15) is 4.79 Å². The molecule has 0 N–H and O–H groups in total. The zero-order chi connectivity index (χ0) is 21.5. The summed E-state index contributed by atoms with van der Waals surface area (Å²) in [7, 11) is 0. The van der Waals surface area contributed by atoms with Crippen molar-refractivity contribution in [1.29, 1.82) is 0 Å². The molecule has 2 aromatic heterocycles. The Bertz CT molecular complexity index is 1400. The van der Waals surface area contributed by atoms with Crippen molar-refractivity contribution in [3.63, 3.8) is 0 Å². The number of rotatable bonds is 4. The van der Waals surface area contributed by atoms with Gasteiger partial charge in [0.1, 0.15) is 11.2 Å². The second kappa shape index (κ2) is 7.46. The normalized spacial score (nSPS) is 13.9. The minimum Gasteiger partial charge on any atom is -0.355 e. The molecule has 1 saturated heterocycles. The molecule has 3 aromatic carbocycles. The molecular weight excluding hydrogens is 402 g/mol. The Morgan fingerprint density at radius 1 is 0.906 bits per heavy atom. The standard InChI is InChI=1S/C25H19N5O2/c31-25(19-11-12-22-21(13-19)24(32-27-22)18-9-5-2-6-10-18)29-14-20(15-29)30-16-23(26-28-30)17-7-3-1-4-8-17/h1-13,16,20H,14-15H2. The van der Waals surface area contributed by atoms with E-state index in [-0.39, 0.29) is 11.9 Å². The number of hydrogen-bond acceptors (Lipinski definition) is 5. The van der Waals surface area contributed by atoms with Gasteiger partial charge in [0.25, 0.3) is 5.91 Å². The van der Waals surface area contributed by atoms with Crippen LogP contribution in [0.15, 0.2) is 89.6 Å². The molecule has 32 heavy (non-hydrogen) atoms. The van der Waals surface area contributed by atoms with Crippen molar-refractivity contribution in [2.24, 2.45) is 0 Å². The molecule has 1 aliphatic heterocycles. The highest BCUT2D eigenvalue weighted by Gasteiger charge is 2.33. The van der Waals surface area contributed by atoms with Gasteiger partial charge in [-0.2, -0.15) is 0 Å². The van der Waals surface area contributed by atoms with Crippen LogP contribution in [0.25, 0.3) is 33.5 Å². The average Bonchev–Trinajstić information content (AvgIpc) is 3.46. The molecule has 0 aliphatic carbocycles. The number of nitrogens with zero attached hydrogens (tertiary/aromatic N) is 5. The van der Waals surface area contributed by atoms with Gasteiger partial charge in [0.05, 0.1) is 17.6 Å². The molecule has 1 amide bonds. The van der Waals surface area contributed by atoms with Crippen molar-refractivity contribution in [2.75, 3.05) is 13.1 Å². The summed E-state index contributed by atoms with van der Waals surface area (Å²) >= 11 is 0. The largest absolute Gasteiger partial charge is 0.355 e. The lowest BCUT2D eigenvalue weighted by molar-refractivity contribution is 0.0498. The Kier molecular flexibility index (Phi) is 4.31. The minimum absolute atomic E-state index is 0.00763. The smallest absolute Gasteiger partial charge is 0.254 e. The first kappa shape index (κ1) is 18.5. The second-order valence-corrected chi connectivity index (χ2v) is 7.92. The fraction of sp³-hybridized carbons (Fsp3) is 0.120. The first-order valence-electron chi connectivity index (χ1n) is 10.5. The molecule has 0 radical (unpaired) electrons. The van der Waals surface area contributed by atoms with E-state index in [1.807, 2.05) is 88.6 Å². The topological polar surface area (TPSA) is 77.0 Å². The number of aromatic nitrogens is 4. The van der Waals surface area contributed by atoms with E-state index >= 15 is 0 Å². The third kappa shape index (κ3) is 3.15. The Morgan fingerprint density at radius 2 is 1.62 bits per heavy atom. The third-order valence-corrected chi connectivity index (χ3v) is 5.86. The Hall–Kier alpha value is -4.26. The van der Waals surface area contributed by atoms with Gasteiger partial charge in [-0.15, -0.1) is 5.10 Å². The molecule has 156 valence electrons. The SMILES string of the molecule is O=C(c1ccc2noc(-c3ccccc3)c2c1)N1CC(n2cc(-c3ccccc3)nn2)C1. The minimum atomic E-state index is -0.00763. The molecule has 5 aromatic rings. The molecule has 0 unspecified atom stereocenters. The lowest BCUT2D eigenvalue weighted by Gasteiger charge is -2.38. The number of likely N-dealkylation sites (tertiary alicyclic amines) is 1. The van der Waals surface area contributed by atoms with Crippen LogP contribution in [0.2, 0.25) is 0 Å². The Labute approximate surface area is 183 Å². The molecule has 6 rings (SSSR count). The first-order chi connectivity index (χ1) is 15.8. The van der Waals surface area contributed by atoms with Crippen molar-refractivity contribution in [1.82, 2.24) is 25.1 Å². The number of amides is 1. The van der Waals surface area contributed by atoms with Crippen LogP contribution in [0, 0.1) is 0 Å². The zero-order valence-electron chi connectivity index (χ0n) is 17.1. The summed E-state index contributed by atoms with van der Waals surface area (Å²) in [6, 6.07) is 25.4. The molecule has 0 saturated carbocycles. The van der Waals surface area contributed by atoms with E-state index in [0.717, 1.165) is 27.7 Å². The first-order valence-corrected chi connectivity index (χ1v) is 10.5. The number of benzene rings is 3. The summed E-state index contributed by atoms with van der Waals surface area (Å²) in [6.07, 6.45) is 1.94. The fourth-order valence-electron chi connectivity index (χ4n) is 4.04. The fourth-order valence-corrected chi connectivity index (χ4v) is 4.04. The molecule has 0 atom stereocenters. The third-order valence-electron chi connectivity index (χ3n) is 5.86. The highest BCUT2D eigenvalue weighted by molar-refractivity contribution is 6.01. The van der Waals surface area contributed by atoms with Crippen LogP contribution in [-0.4, -0.2) is 44.0 Å². The van der Waals surface area contributed by atoms with Gasteiger partial charge in [-0.25, -0.2) is 4.68 Å². The van der Waals surface area contributed by atoms with Crippen molar-refractivity contribution in [3.8, 4) is 22.6 Å². The number of fused-ring (bicyclic) bond motifs is 1. The van der Waals surface area contributed by atoms with Crippen LogP contribution in [0.4, 0.5) is 0 Å². The highest BCUT2D eigenvalue weighted by Crippen LogP contribution is 2.31. The maximum absolute atomic E-state index is 13.1. The molecule has 7 heteroatoms. The van der Waals surface area contributed by atoms with Crippen molar-refractivity contribution in [2.45, 2.75) is 6.04 Å². The quantitative estimate of drug-likeness (QED) is 0.428. The Balaban J connectivity index is 1.19. The average molecular weight is 421 g/mol. The summed E-state index contributed by atoms with van der Waals surface area (Å²) < 4.78 is 7.41. The lowest BCUT2D eigenvalue weighted by atomic mass is 10.0. The van der Waals surface area contributed by atoms with E-state index in [1.165, 1.54) is 0 Å². The van der Waals surface area contributed by atoms with Gasteiger partial charge in [-0.05, 0) is 18.2 Å². The summed E-state index contributed by atoms with van der Waals surface area (Å²) in [4.78, 5) is 14.9. The van der Waals surface area contributed by atoms with Crippen molar-refractivity contribution in [3.05, 3.63) is 90.6 Å². The van der Waals surface area contributed by atoms with Crippen LogP contribution in [-0.2, 0) is 0 Å². The molecule has 3 heterocycles. The van der Waals surface area contributed by atoms with Crippen LogP contribution in [0.3, 0.4) is 0 Å². The summed E-state index contributed by atoms with van der Waals surface area (Å²) in [5, 5.41) is 13.5. The van der Waals surface area contributed by atoms with Crippen LogP contribution < -0.4 is 0 Å². The number of carbonyl (C=O) groups is 1. The van der Waals surface area contributed by atoms with E-state index in [4.69, 9.17) is 4.52 Å². The van der Waals surface area contributed by atoms with Crippen molar-refractivity contribution < 1.29 is 9.32 Å². The molecule has 0 spiro atoms. The summed E-state index contributed by atoms with van der Waals surface area (Å²) in [6.45, 7) is 1.20. The molecule has 1 aliphatic rings. The summed E-state index contributed by atoms with van der Waals surface area (Å²) in [5.41, 5.74) is 4.16. The van der Waals surface area contributed by atoms with Crippen LogP contribution in [0.1, 0.15) is 16.4 Å². The van der Waals surface area contributed by atoms with Crippen LogP contribution >= 0.6 is 0 Å². The van der Waals surface area contributed by atoms with E-state index < -0.39 is 0 Å². The highest BCUT2D eigenvalue weighted by atomic mass is 16.5. The molecule has 7 nitrogen and oxygen atoms in total. The second-order valence-electron chi connectivity index (χ2n) is 7.92. The van der Waals surface area contributed by atoms with E-state index in [2.05, 4.69) is 15.5 Å². The predicted octanol–water partition coefficient (Wildman–Crippen LogP) is 4.45. The lowest BCUT2D eigenvalue weighted by Crippen LogP contribution is -2.50. The van der Waals surface area contributed by atoms with Gasteiger partial charge in [-0.3, -0.25) is 4.79 Å². The van der Waals surface area contributed by atoms with Gasteiger partial charge < -0.3 is 9.42 Å². The number of carbonyl (C=O) groups excluding carboxylic acids is 1. The monoisotopic (exact) mass is 421 g/mol. The maximum atomic E-state index is 13.1. The van der Waals surface area contributed by atoms with Gasteiger partial charge in [0.2, 0.25) is 0 Å². The summed E-state index contributed by atoms with van der Waals surface area (Å²) in [5.74, 6) is 0.666. The zero-order valence-corrected chi connectivity index (χ0v) is 17.1. The van der Waals surface area contributed by atoms with Gasteiger partial charge in [0.15, 0.2) is 5.76 Å². The number of hydrogen-bond donors (Lipinski definition) is 0. The maximum Gasteiger partial charge on any atom is 0.254 e. The van der Waals surface area contributed by atoms with Crippen molar-refractivity contribution >= 4 is 16.8 Å². The molecule has 0 bridgehead atoms. The Morgan fingerprint density at radius 3 is 2.38 bits per heavy atom. The van der Waals surface area contributed by atoms with Crippen LogP contribution in [0.5, 0.6) is 0 Å². The van der Waals surface area contributed by atoms with Gasteiger partial charge in [-0.1, -0.05) is 71.0 Å². The molecule has 1 fully saturated rings. The molecular formula is C25H19N5O2. The van der Waals surface area contributed by atoms with E-state index in [0.29, 0.717) is 24.4 Å².